The monoisotopic (exact) mass is 273 g/mol. The molecule has 2 rings (SSSR count). The molecule has 1 heterocycles. The van der Waals surface area contributed by atoms with Gasteiger partial charge in [-0.2, -0.15) is 0 Å². The Balaban J connectivity index is 2.19. The molecule has 0 aliphatic carbocycles. The third-order valence-electron chi connectivity index (χ3n) is 2.54. The van der Waals surface area contributed by atoms with Gasteiger partial charge in [0.2, 0.25) is 11.7 Å². The molecule has 0 aliphatic rings. The Morgan fingerprint density at radius 1 is 1.20 bits per heavy atom. The van der Waals surface area contributed by atoms with Crippen molar-refractivity contribution in [2.24, 2.45) is 5.73 Å². The smallest absolute Gasteiger partial charge is 0.311 e. The van der Waals surface area contributed by atoms with Crippen LogP contribution in [-0.4, -0.2) is 15.8 Å². The lowest BCUT2D eigenvalue weighted by molar-refractivity contribution is -0.384. The van der Waals surface area contributed by atoms with Crippen LogP contribution in [0.4, 0.5) is 23.0 Å². The van der Waals surface area contributed by atoms with Crippen LogP contribution in [0.1, 0.15) is 10.4 Å². The largest absolute Gasteiger partial charge is 0.378 e. The van der Waals surface area contributed by atoms with Crippen LogP contribution in [0.15, 0.2) is 36.4 Å². The van der Waals surface area contributed by atoms with Crippen LogP contribution in [0.3, 0.4) is 0 Å². The first-order valence-electron chi connectivity index (χ1n) is 5.55. The summed E-state index contributed by atoms with van der Waals surface area (Å²) in [6.45, 7) is 0. The van der Waals surface area contributed by atoms with E-state index in [2.05, 4.69) is 10.3 Å². The van der Waals surface area contributed by atoms with Gasteiger partial charge in [0, 0.05) is 17.3 Å². The second-order valence-electron chi connectivity index (χ2n) is 3.92. The quantitative estimate of drug-likeness (QED) is 0.569. The fourth-order valence-corrected chi connectivity index (χ4v) is 1.56. The fraction of sp³-hybridized carbons (Fsp3) is 0. The summed E-state index contributed by atoms with van der Waals surface area (Å²) in [6, 6.07) is 9.09. The number of primary amides is 1. The Kier molecular flexibility index (Phi) is 3.47. The van der Waals surface area contributed by atoms with Crippen LogP contribution >= 0.6 is 0 Å². The summed E-state index contributed by atoms with van der Waals surface area (Å²) in [6.07, 6.45) is 0. The summed E-state index contributed by atoms with van der Waals surface area (Å²) in [5.41, 5.74) is 11.4. The minimum atomic E-state index is -0.603. The molecular formula is C12H11N5O3. The van der Waals surface area contributed by atoms with Gasteiger partial charge < -0.3 is 16.8 Å². The third kappa shape index (κ3) is 2.80. The van der Waals surface area contributed by atoms with Gasteiger partial charge in [-0.05, 0) is 30.3 Å². The van der Waals surface area contributed by atoms with Crippen LogP contribution in [0, 0.1) is 10.1 Å². The number of nitrogens with two attached hydrogens (primary N) is 2. The zero-order valence-electron chi connectivity index (χ0n) is 10.2. The number of nitrogens with one attached hydrogen (secondary N) is 1. The maximum Gasteiger partial charge on any atom is 0.311 e. The first-order chi connectivity index (χ1) is 9.47. The van der Waals surface area contributed by atoms with E-state index in [0.29, 0.717) is 17.1 Å². The Labute approximate surface area is 113 Å². The van der Waals surface area contributed by atoms with Crippen molar-refractivity contribution in [2.75, 3.05) is 11.1 Å². The van der Waals surface area contributed by atoms with E-state index in [1.807, 2.05) is 0 Å². The summed E-state index contributed by atoms with van der Waals surface area (Å²) in [7, 11) is 0. The average molecular weight is 273 g/mol. The molecule has 2 aromatic rings. The van der Waals surface area contributed by atoms with Gasteiger partial charge >= 0.3 is 5.69 Å². The summed E-state index contributed by atoms with van der Waals surface area (Å²) >= 11 is 0. The molecule has 102 valence electrons. The molecule has 8 heteroatoms. The molecule has 20 heavy (non-hydrogen) atoms. The number of nitrogens with zero attached hydrogens (tertiary/aromatic N) is 2. The number of pyridine rings is 1. The highest BCUT2D eigenvalue weighted by Gasteiger charge is 2.12. The molecule has 1 aromatic carbocycles. The Morgan fingerprint density at radius 2 is 1.85 bits per heavy atom. The van der Waals surface area contributed by atoms with E-state index in [4.69, 9.17) is 11.5 Å². The third-order valence-corrected chi connectivity index (χ3v) is 2.54. The molecule has 0 radical (unpaired) electrons. The van der Waals surface area contributed by atoms with E-state index >= 15 is 0 Å². The fourth-order valence-electron chi connectivity index (χ4n) is 1.56. The van der Waals surface area contributed by atoms with E-state index in [1.165, 1.54) is 12.1 Å². The van der Waals surface area contributed by atoms with Gasteiger partial charge in [-0.3, -0.25) is 14.9 Å². The van der Waals surface area contributed by atoms with Crippen LogP contribution in [0.2, 0.25) is 0 Å². The highest BCUT2D eigenvalue weighted by molar-refractivity contribution is 5.93. The van der Waals surface area contributed by atoms with Crippen molar-refractivity contribution >= 4 is 28.9 Å². The Hall–Kier alpha value is -3.16. The molecule has 0 bridgehead atoms. The van der Waals surface area contributed by atoms with Crippen molar-refractivity contribution in [3.05, 3.63) is 52.1 Å². The molecule has 0 atom stereocenters. The normalized spacial score (nSPS) is 10.0. The number of carbonyl (C=O) groups excluding carboxylic acids is 1. The van der Waals surface area contributed by atoms with E-state index in [1.54, 1.807) is 24.3 Å². The molecule has 0 spiro atoms. The first-order valence-corrected chi connectivity index (χ1v) is 5.55. The predicted octanol–water partition coefficient (Wildman–Crippen LogP) is 1.41. The van der Waals surface area contributed by atoms with Gasteiger partial charge in [0.1, 0.15) is 5.82 Å². The number of aromatic nitrogens is 1. The maximum absolute atomic E-state index is 10.9. The molecule has 0 aliphatic heterocycles. The second-order valence-corrected chi connectivity index (χ2v) is 3.92. The number of hydrogen-bond donors (Lipinski definition) is 3. The summed E-state index contributed by atoms with van der Waals surface area (Å²) in [5.74, 6) is -0.331. The van der Waals surface area contributed by atoms with Gasteiger partial charge in [-0.15, -0.1) is 0 Å². The SMILES string of the molecule is NC(=O)c1ccc(Nc2ccc([N+](=O)[O-])c(N)n2)cc1. The highest BCUT2D eigenvalue weighted by Crippen LogP contribution is 2.23. The number of nitrogen functional groups attached to an aromatic ring is 1. The molecule has 1 amide bonds. The molecule has 0 saturated heterocycles. The predicted molar refractivity (Wildman–Crippen MR) is 73.5 cm³/mol. The summed E-state index contributed by atoms with van der Waals surface area (Å²) in [5, 5.41) is 13.5. The molecule has 8 nitrogen and oxygen atoms in total. The lowest BCUT2D eigenvalue weighted by atomic mass is 10.2. The zero-order chi connectivity index (χ0) is 14.7. The molecule has 5 N–H and O–H groups in total. The molecule has 1 aromatic heterocycles. The van der Waals surface area contributed by atoms with Crippen molar-refractivity contribution in [3.63, 3.8) is 0 Å². The Morgan fingerprint density at radius 3 is 2.35 bits per heavy atom. The van der Waals surface area contributed by atoms with E-state index < -0.39 is 10.8 Å². The number of hydrogen-bond acceptors (Lipinski definition) is 6. The van der Waals surface area contributed by atoms with Crippen molar-refractivity contribution in [2.45, 2.75) is 0 Å². The Bertz CT molecular complexity index is 669. The number of nitro groups is 1. The molecule has 0 fully saturated rings. The van der Waals surface area contributed by atoms with Gasteiger partial charge in [-0.1, -0.05) is 0 Å². The van der Waals surface area contributed by atoms with Gasteiger partial charge in [0.15, 0.2) is 0 Å². The lowest BCUT2D eigenvalue weighted by Gasteiger charge is -2.06. The van der Waals surface area contributed by atoms with Crippen molar-refractivity contribution in [3.8, 4) is 0 Å². The van der Waals surface area contributed by atoms with Crippen LogP contribution in [0.25, 0.3) is 0 Å². The second kappa shape index (κ2) is 5.22. The lowest BCUT2D eigenvalue weighted by Crippen LogP contribution is -2.10. The average Bonchev–Trinajstić information content (AvgIpc) is 2.39. The molecule has 0 unspecified atom stereocenters. The topological polar surface area (TPSA) is 137 Å². The maximum atomic E-state index is 10.9. The first kappa shape index (κ1) is 13.3. The van der Waals surface area contributed by atoms with E-state index in [0.717, 1.165) is 0 Å². The van der Waals surface area contributed by atoms with E-state index in [-0.39, 0.29) is 11.5 Å². The molecular weight excluding hydrogens is 262 g/mol. The van der Waals surface area contributed by atoms with Gasteiger partial charge in [0.25, 0.3) is 0 Å². The minimum Gasteiger partial charge on any atom is -0.378 e. The van der Waals surface area contributed by atoms with Gasteiger partial charge in [-0.25, -0.2) is 4.98 Å². The number of amides is 1. The van der Waals surface area contributed by atoms with E-state index in [9.17, 15) is 14.9 Å². The number of anilines is 3. The van der Waals surface area contributed by atoms with Crippen molar-refractivity contribution < 1.29 is 9.72 Å². The van der Waals surface area contributed by atoms with Gasteiger partial charge in [0.05, 0.1) is 4.92 Å². The number of benzene rings is 1. The summed E-state index contributed by atoms with van der Waals surface area (Å²) in [4.78, 5) is 24.8. The highest BCUT2D eigenvalue weighted by atomic mass is 16.6. The summed E-state index contributed by atoms with van der Waals surface area (Å²) < 4.78 is 0. The zero-order valence-corrected chi connectivity index (χ0v) is 10.2. The van der Waals surface area contributed by atoms with Crippen molar-refractivity contribution in [1.29, 1.82) is 0 Å². The minimum absolute atomic E-state index is 0.172. The van der Waals surface area contributed by atoms with Crippen LogP contribution < -0.4 is 16.8 Å². The molecule has 0 saturated carbocycles. The number of carbonyl (C=O) groups is 1. The van der Waals surface area contributed by atoms with Crippen molar-refractivity contribution in [1.82, 2.24) is 4.98 Å². The standard InChI is InChI=1S/C12H11N5O3/c13-11-9(17(19)20)5-6-10(16-11)15-8-3-1-7(2-4-8)12(14)18/h1-6H,(H2,14,18)(H3,13,15,16). The van der Waals surface area contributed by atoms with Crippen LogP contribution in [-0.2, 0) is 0 Å². The van der Waals surface area contributed by atoms with Crippen LogP contribution in [0.5, 0.6) is 0 Å². The number of rotatable bonds is 4.